The van der Waals surface area contributed by atoms with Crippen LogP contribution in [0.5, 0.6) is 0 Å². The second-order valence-corrected chi connectivity index (χ2v) is 8.48. The maximum Gasteiger partial charge on any atom is 0.242 e. The molecule has 0 spiro atoms. The van der Waals surface area contributed by atoms with Crippen LogP contribution in [0.25, 0.3) is 0 Å². The Balaban J connectivity index is 2.16. The molecule has 5 nitrogen and oxygen atoms in total. The van der Waals surface area contributed by atoms with Crippen molar-refractivity contribution in [1.29, 1.82) is 0 Å². The highest BCUT2D eigenvalue weighted by Crippen LogP contribution is 2.26. The van der Waals surface area contributed by atoms with Crippen molar-refractivity contribution in [3.8, 4) is 0 Å². The SMILES string of the molecule is CSc1ccccc1NC(=O)[C@@H](C)NS(=O)(=O)c1cc(Cl)ccc1Cl. The van der Waals surface area contributed by atoms with E-state index < -0.39 is 22.0 Å². The van der Waals surface area contributed by atoms with Crippen molar-refractivity contribution in [3.05, 3.63) is 52.5 Å². The fourth-order valence-electron chi connectivity index (χ4n) is 2.02. The van der Waals surface area contributed by atoms with Crippen molar-refractivity contribution >= 4 is 56.6 Å². The highest BCUT2D eigenvalue weighted by molar-refractivity contribution is 7.98. The Morgan fingerprint density at radius 3 is 2.52 bits per heavy atom. The third-order valence-electron chi connectivity index (χ3n) is 3.27. The third-order valence-corrected chi connectivity index (χ3v) is 6.33. The molecule has 0 fully saturated rings. The average Bonchev–Trinajstić information content (AvgIpc) is 2.57. The van der Waals surface area contributed by atoms with Crippen LogP contribution in [0.2, 0.25) is 10.0 Å². The summed E-state index contributed by atoms with van der Waals surface area (Å²) in [6, 6.07) is 10.4. The summed E-state index contributed by atoms with van der Waals surface area (Å²) in [4.78, 5) is 13.0. The lowest BCUT2D eigenvalue weighted by atomic mass is 10.3. The maximum absolute atomic E-state index is 12.5. The number of carbonyl (C=O) groups excluding carboxylic acids is 1. The van der Waals surface area contributed by atoms with Gasteiger partial charge in [0.1, 0.15) is 4.90 Å². The third kappa shape index (κ3) is 5.12. The normalized spacial score (nSPS) is 12.6. The summed E-state index contributed by atoms with van der Waals surface area (Å²) in [7, 11) is -4.00. The first-order chi connectivity index (χ1) is 11.7. The van der Waals surface area contributed by atoms with Gasteiger partial charge in [-0.15, -0.1) is 11.8 Å². The molecular weight excluding hydrogens is 403 g/mol. The van der Waals surface area contributed by atoms with Gasteiger partial charge in [0.25, 0.3) is 0 Å². The predicted molar refractivity (Wildman–Crippen MR) is 103 cm³/mol. The zero-order valence-corrected chi connectivity index (χ0v) is 16.6. The average molecular weight is 419 g/mol. The molecule has 0 heterocycles. The van der Waals surface area contributed by atoms with E-state index in [9.17, 15) is 13.2 Å². The van der Waals surface area contributed by atoms with Gasteiger partial charge in [0.05, 0.1) is 16.8 Å². The summed E-state index contributed by atoms with van der Waals surface area (Å²) in [6.45, 7) is 1.45. The maximum atomic E-state index is 12.5. The molecular formula is C16H16Cl2N2O3S2. The Labute approximate surface area is 161 Å². The van der Waals surface area contributed by atoms with Crippen LogP contribution in [0.3, 0.4) is 0 Å². The van der Waals surface area contributed by atoms with E-state index in [-0.39, 0.29) is 14.9 Å². The molecule has 9 heteroatoms. The molecule has 0 aliphatic carbocycles. The number of anilines is 1. The van der Waals surface area contributed by atoms with E-state index in [1.807, 2.05) is 18.4 Å². The second kappa shape index (κ2) is 8.42. The van der Waals surface area contributed by atoms with Crippen LogP contribution < -0.4 is 10.0 Å². The summed E-state index contributed by atoms with van der Waals surface area (Å²) in [5.74, 6) is -0.483. The molecule has 134 valence electrons. The Morgan fingerprint density at radius 2 is 1.84 bits per heavy atom. The van der Waals surface area contributed by atoms with Crippen LogP contribution in [-0.2, 0) is 14.8 Å². The molecule has 2 rings (SSSR count). The molecule has 0 saturated carbocycles. The van der Waals surface area contributed by atoms with E-state index in [1.165, 1.54) is 36.9 Å². The van der Waals surface area contributed by atoms with E-state index >= 15 is 0 Å². The molecule has 0 aromatic heterocycles. The van der Waals surface area contributed by atoms with Gasteiger partial charge < -0.3 is 5.32 Å². The highest BCUT2D eigenvalue weighted by atomic mass is 35.5. The number of benzene rings is 2. The molecule has 2 N–H and O–H groups in total. The van der Waals surface area contributed by atoms with Gasteiger partial charge in [-0.05, 0) is 43.5 Å². The number of carbonyl (C=O) groups is 1. The number of hydrogen-bond acceptors (Lipinski definition) is 4. The van der Waals surface area contributed by atoms with Crippen LogP contribution in [-0.4, -0.2) is 26.6 Å². The number of halogens is 2. The van der Waals surface area contributed by atoms with Crippen molar-refractivity contribution in [1.82, 2.24) is 4.72 Å². The number of amides is 1. The number of sulfonamides is 1. The zero-order chi connectivity index (χ0) is 18.6. The molecule has 25 heavy (non-hydrogen) atoms. The number of thioether (sulfide) groups is 1. The first kappa shape index (κ1) is 20.1. The summed E-state index contributed by atoms with van der Waals surface area (Å²) >= 11 is 13.2. The molecule has 0 radical (unpaired) electrons. The van der Waals surface area contributed by atoms with Gasteiger partial charge in [-0.3, -0.25) is 4.79 Å². The van der Waals surface area contributed by atoms with Crippen LogP contribution >= 0.6 is 35.0 Å². The van der Waals surface area contributed by atoms with E-state index in [1.54, 1.807) is 12.1 Å². The summed E-state index contributed by atoms with van der Waals surface area (Å²) < 4.78 is 27.2. The lowest BCUT2D eigenvalue weighted by Crippen LogP contribution is -2.41. The zero-order valence-electron chi connectivity index (χ0n) is 13.4. The quantitative estimate of drug-likeness (QED) is 0.694. The number of hydrogen-bond donors (Lipinski definition) is 2. The fraction of sp³-hybridized carbons (Fsp3) is 0.188. The van der Waals surface area contributed by atoms with E-state index in [0.29, 0.717) is 5.69 Å². The van der Waals surface area contributed by atoms with E-state index in [0.717, 1.165) is 4.90 Å². The number of para-hydroxylation sites is 1. The molecule has 0 bridgehead atoms. The van der Waals surface area contributed by atoms with Crippen LogP contribution in [0.4, 0.5) is 5.69 Å². The standard InChI is InChI=1S/C16H16Cl2N2O3S2/c1-10(16(21)19-13-5-3-4-6-14(13)24-2)20-25(22,23)15-9-11(17)7-8-12(15)18/h3-10,20H,1-2H3,(H,19,21)/t10-/m1/s1. The van der Waals surface area contributed by atoms with Gasteiger partial charge >= 0.3 is 0 Å². The summed E-state index contributed by atoms with van der Waals surface area (Å²) in [6.07, 6.45) is 1.89. The second-order valence-electron chi connectivity index (χ2n) is 5.11. The molecule has 0 saturated heterocycles. The predicted octanol–water partition coefficient (Wildman–Crippen LogP) is 4.02. The van der Waals surface area contributed by atoms with Gasteiger partial charge in [0.15, 0.2) is 0 Å². The van der Waals surface area contributed by atoms with Gasteiger partial charge in [0, 0.05) is 9.92 Å². The molecule has 0 aliphatic rings. The Bertz CT molecular complexity index is 889. The molecule has 0 unspecified atom stereocenters. The van der Waals surface area contributed by atoms with Crippen molar-refractivity contribution < 1.29 is 13.2 Å². The first-order valence-corrected chi connectivity index (χ1v) is 10.6. The largest absolute Gasteiger partial charge is 0.324 e. The van der Waals surface area contributed by atoms with Crippen molar-refractivity contribution in [3.63, 3.8) is 0 Å². The first-order valence-electron chi connectivity index (χ1n) is 7.16. The van der Waals surface area contributed by atoms with Gasteiger partial charge in [-0.2, -0.15) is 4.72 Å². The van der Waals surface area contributed by atoms with E-state index in [4.69, 9.17) is 23.2 Å². The van der Waals surface area contributed by atoms with Crippen LogP contribution in [0, 0.1) is 0 Å². The smallest absolute Gasteiger partial charge is 0.242 e. The fourth-order valence-corrected chi connectivity index (χ4v) is 4.54. The molecule has 2 aromatic carbocycles. The minimum atomic E-state index is -4.00. The molecule has 1 atom stereocenters. The summed E-state index contributed by atoms with van der Waals surface area (Å²) in [5, 5.41) is 2.97. The monoisotopic (exact) mass is 418 g/mol. The summed E-state index contributed by atoms with van der Waals surface area (Å²) in [5.41, 5.74) is 0.617. The molecule has 1 amide bonds. The van der Waals surface area contributed by atoms with Gasteiger partial charge in [-0.1, -0.05) is 35.3 Å². The Hall–Kier alpha value is -1.25. The highest BCUT2D eigenvalue weighted by Gasteiger charge is 2.24. The Kier molecular flexibility index (Phi) is 6.76. The topological polar surface area (TPSA) is 75.3 Å². The van der Waals surface area contributed by atoms with Crippen molar-refractivity contribution in [2.24, 2.45) is 0 Å². The minimum absolute atomic E-state index is 0.0252. The molecule has 2 aromatic rings. The number of nitrogens with one attached hydrogen (secondary N) is 2. The van der Waals surface area contributed by atoms with Gasteiger partial charge in [0.2, 0.25) is 15.9 Å². The molecule has 0 aliphatic heterocycles. The van der Waals surface area contributed by atoms with Crippen molar-refractivity contribution in [2.45, 2.75) is 22.8 Å². The lowest BCUT2D eigenvalue weighted by molar-refractivity contribution is -0.117. The van der Waals surface area contributed by atoms with Crippen molar-refractivity contribution in [2.75, 3.05) is 11.6 Å². The lowest BCUT2D eigenvalue weighted by Gasteiger charge is -2.16. The van der Waals surface area contributed by atoms with Crippen LogP contribution in [0.15, 0.2) is 52.3 Å². The number of rotatable bonds is 6. The van der Waals surface area contributed by atoms with E-state index in [2.05, 4.69) is 10.0 Å². The van der Waals surface area contributed by atoms with Gasteiger partial charge in [-0.25, -0.2) is 8.42 Å². The minimum Gasteiger partial charge on any atom is -0.324 e. The van der Waals surface area contributed by atoms with Crippen LogP contribution in [0.1, 0.15) is 6.92 Å². The Morgan fingerprint density at radius 1 is 1.16 bits per heavy atom.